The molecular weight excluding hydrogens is 454 g/mol. The number of carboxylic acids is 1. The standard InChI is InChI=1S/C21H15N3O4S3/c1-12-6-5-9-23-17(12)22-18(30-13-7-3-2-4-8-13)14(19(23)27)10-15-20(28)24(11-16(25)26)21(29)31-15/h2-10H,11H2,1H3,(H,25,26). The van der Waals surface area contributed by atoms with Crippen LogP contribution >= 0.6 is 35.7 Å². The normalized spacial score (nSPS) is 15.3. The molecule has 1 aliphatic heterocycles. The zero-order valence-corrected chi connectivity index (χ0v) is 18.6. The quantitative estimate of drug-likeness (QED) is 0.345. The average molecular weight is 470 g/mol. The van der Waals surface area contributed by atoms with Gasteiger partial charge in [-0.05, 0) is 36.8 Å². The Balaban J connectivity index is 1.87. The number of pyridine rings is 1. The Morgan fingerprint density at radius 3 is 2.68 bits per heavy atom. The minimum atomic E-state index is -1.17. The van der Waals surface area contributed by atoms with E-state index in [1.807, 2.05) is 43.3 Å². The van der Waals surface area contributed by atoms with Crippen molar-refractivity contribution in [2.75, 3.05) is 6.54 Å². The summed E-state index contributed by atoms with van der Waals surface area (Å²) in [5.41, 5.74) is 1.29. The zero-order chi connectivity index (χ0) is 22.1. The van der Waals surface area contributed by atoms with Crippen LogP contribution in [-0.4, -0.2) is 42.1 Å². The predicted octanol–water partition coefficient (Wildman–Crippen LogP) is 3.44. The fraction of sp³-hybridized carbons (Fsp3) is 0.0952. The van der Waals surface area contributed by atoms with Crippen molar-refractivity contribution in [3.63, 3.8) is 0 Å². The van der Waals surface area contributed by atoms with E-state index in [1.165, 1.54) is 22.2 Å². The fourth-order valence-corrected chi connectivity index (χ4v) is 5.14. The number of thioether (sulfide) groups is 1. The molecule has 2 aromatic heterocycles. The summed E-state index contributed by atoms with van der Waals surface area (Å²) in [5.74, 6) is -1.71. The van der Waals surface area contributed by atoms with Crippen LogP contribution < -0.4 is 5.56 Å². The van der Waals surface area contributed by atoms with Gasteiger partial charge in [0.05, 0.1) is 10.5 Å². The molecule has 0 spiro atoms. The van der Waals surface area contributed by atoms with Gasteiger partial charge in [-0.2, -0.15) is 0 Å². The number of thiocarbonyl (C=S) groups is 1. The molecular formula is C21H15N3O4S3. The molecule has 0 unspecified atom stereocenters. The minimum absolute atomic E-state index is 0.139. The minimum Gasteiger partial charge on any atom is -0.480 e. The van der Waals surface area contributed by atoms with Crippen molar-refractivity contribution in [2.45, 2.75) is 16.8 Å². The van der Waals surface area contributed by atoms with Gasteiger partial charge in [0.25, 0.3) is 11.5 Å². The van der Waals surface area contributed by atoms with Gasteiger partial charge in [0.15, 0.2) is 0 Å². The molecule has 31 heavy (non-hydrogen) atoms. The highest BCUT2D eigenvalue weighted by Crippen LogP contribution is 2.35. The third-order valence-corrected chi connectivity index (χ3v) is 6.84. The maximum atomic E-state index is 13.3. The Bertz CT molecular complexity index is 1320. The van der Waals surface area contributed by atoms with E-state index in [0.717, 1.165) is 27.1 Å². The Labute approximate surface area is 190 Å². The smallest absolute Gasteiger partial charge is 0.323 e. The van der Waals surface area contributed by atoms with E-state index in [9.17, 15) is 14.4 Å². The molecule has 1 N–H and O–H groups in total. The van der Waals surface area contributed by atoms with Crippen LogP contribution in [0.3, 0.4) is 0 Å². The summed E-state index contributed by atoms with van der Waals surface area (Å²) in [6.45, 7) is 1.34. The van der Waals surface area contributed by atoms with E-state index >= 15 is 0 Å². The third kappa shape index (κ3) is 4.27. The summed E-state index contributed by atoms with van der Waals surface area (Å²) in [5, 5.41) is 9.49. The first-order chi connectivity index (χ1) is 14.8. The number of carbonyl (C=O) groups excluding carboxylic acids is 1. The summed E-state index contributed by atoms with van der Waals surface area (Å²) in [6, 6.07) is 13.1. The molecule has 1 aromatic carbocycles. The Morgan fingerprint density at radius 1 is 1.23 bits per heavy atom. The van der Waals surface area contributed by atoms with Gasteiger partial charge >= 0.3 is 5.97 Å². The number of nitrogens with zero attached hydrogens (tertiary/aromatic N) is 3. The second kappa shape index (κ2) is 8.66. The van der Waals surface area contributed by atoms with Gasteiger partial charge in [-0.15, -0.1) is 0 Å². The van der Waals surface area contributed by atoms with Crippen LogP contribution in [0.4, 0.5) is 0 Å². The number of benzene rings is 1. The van der Waals surface area contributed by atoms with Gasteiger partial charge in [-0.25, -0.2) is 4.98 Å². The Morgan fingerprint density at radius 2 is 1.97 bits per heavy atom. The largest absolute Gasteiger partial charge is 0.480 e. The van der Waals surface area contributed by atoms with Crippen LogP contribution in [0.25, 0.3) is 11.7 Å². The van der Waals surface area contributed by atoms with Crippen molar-refractivity contribution in [1.29, 1.82) is 0 Å². The molecule has 7 nitrogen and oxygen atoms in total. The maximum Gasteiger partial charge on any atom is 0.323 e. The van der Waals surface area contributed by atoms with E-state index in [2.05, 4.69) is 0 Å². The van der Waals surface area contributed by atoms with Gasteiger partial charge in [0.2, 0.25) is 0 Å². The van der Waals surface area contributed by atoms with Gasteiger partial charge in [-0.1, -0.05) is 60.0 Å². The molecule has 3 aromatic rings. The van der Waals surface area contributed by atoms with Crippen molar-refractivity contribution in [1.82, 2.24) is 14.3 Å². The average Bonchev–Trinajstić information content (AvgIpc) is 2.99. The SMILES string of the molecule is Cc1cccn2c(=O)c(C=C3SC(=S)N(CC(=O)O)C3=O)c(Sc3ccccc3)nc12. The summed E-state index contributed by atoms with van der Waals surface area (Å²) < 4.78 is 1.58. The number of fused-ring (bicyclic) bond motifs is 1. The molecule has 0 radical (unpaired) electrons. The van der Waals surface area contributed by atoms with Crippen LogP contribution in [0.2, 0.25) is 0 Å². The number of hydrogen-bond acceptors (Lipinski definition) is 7. The molecule has 0 aliphatic carbocycles. The topological polar surface area (TPSA) is 92.0 Å². The van der Waals surface area contributed by atoms with Crippen molar-refractivity contribution in [3.05, 3.63) is 75.0 Å². The zero-order valence-electron chi connectivity index (χ0n) is 16.1. The number of aliphatic carboxylic acids is 1. The van der Waals surface area contributed by atoms with Gasteiger partial charge in [0.1, 0.15) is 21.5 Å². The lowest BCUT2D eigenvalue weighted by molar-refractivity contribution is -0.140. The van der Waals surface area contributed by atoms with Gasteiger partial charge in [-0.3, -0.25) is 23.7 Å². The summed E-state index contributed by atoms with van der Waals surface area (Å²) in [6.07, 6.45) is 3.08. The van der Waals surface area contributed by atoms with Crippen molar-refractivity contribution in [2.24, 2.45) is 0 Å². The van der Waals surface area contributed by atoms with Crippen LogP contribution in [0.15, 0.2) is 68.3 Å². The van der Waals surface area contributed by atoms with E-state index in [0.29, 0.717) is 10.7 Å². The number of aryl methyl sites for hydroxylation is 1. The summed E-state index contributed by atoms with van der Waals surface area (Å²) in [4.78, 5) is 43.9. The molecule has 3 heterocycles. The molecule has 1 aliphatic rings. The van der Waals surface area contributed by atoms with Crippen LogP contribution in [0.5, 0.6) is 0 Å². The van der Waals surface area contributed by atoms with Gasteiger partial charge < -0.3 is 5.11 Å². The second-order valence-electron chi connectivity index (χ2n) is 6.60. The molecule has 0 bridgehead atoms. The first-order valence-corrected chi connectivity index (χ1v) is 11.1. The van der Waals surface area contributed by atoms with E-state index in [-0.39, 0.29) is 20.3 Å². The van der Waals surface area contributed by atoms with Crippen molar-refractivity contribution in [3.8, 4) is 0 Å². The Kier molecular flexibility index (Phi) is 5.94. The lowest BCUT2D eigenvalue weighted by Gasteiger charge is -2.11. The maximum absolute atomic E-state index is 13.3. The monoisotopic (exact) mass is 469 g/mol. The number of aromatic nitrogens is 2. The first kappa shape index (κ1) is 21.3. The van der Waals surface area contributed by atoms with E-state index in [1.54, 1.807) is 12.3 Å². The molecule has 1 saturated heterocycles. The molecule has 1 amide bonds. The van der Waals surface area contributed by atoms with Crippen LogP contribution in [-0.2, 0) is 9.59 Å². The number of amides is 1. The fourth-order valence-electron chi connectivity index (χ4n) is 3.00. The highest BCUT2D eigenvalue weighted by Gasteiger charge is 2.34. The number of rotatable bonds is 5. The van der Waals surface area contributed by atoms with E-state index in [4.69, 9.17) is 22.3 Å². The first-order valence-electron chi connectivity index (χ1n) is 9.07. The lowest BCUT2D eigenvalue weighted by atomic mass is 10.2. The molecule has 0 atom stereocenters. The number of carboxylic acid groups (broad SMARTS) is 1. The van der Waals surface area contributed by atoms with Gasteiger partial charge in [0, 0.05) is 11.1 Å². The molecule has 156 valence electrons. The number of carbonyl (C=O) groups is 2. The highest BCUT2D eigenvalue weighted by atomic mass is 32.2. The second-order valence-corrected chi connectivity index (χ2v) is 9.34. The third-order valence-electron chi connectivity index (χ3n) is 4.45. The highest BCUT2D eigenvalue weighted by molar-refractivity contribution is 8.26. The van der Waals surface area contributed by atoms with Crippen molar-refractivity contribution < 1.29 is 14.7 Å². The molecule has 1 fully saturated rings. The van der Waals surface area contributed by atoms with Crippen LogP contribution in [0.1, 0.15) is 11.1 Å². The van der Waals surface area contributed by atoms with Crippen LogP contribution in [0, 0.1) is 6.92 Å². The molecule has 0 saturated carbocycles. The predicted molar refractivity (Wildman–Crippen MR) is 124 cm³/mol. The lowest BCUT2D eigenvalue weighted by Crippen LogP contribution is -2.33. The Hall–Kier alpha value is -2.95. The molecule has 4 rings (SSSR count). The summed E-state index contributed by atoms with van der Waals surface area (Å²) in [7, 11) is 0. The summed E-state index contributed by atoms with van der Waals surface area (Å²) >= 11 is 7.44. The van der Waals surface area contributed by atoms with E-state index < -0.39 is 18.4 Å². The number of hydrogen-bond donors (Lipinski definition) is 1. The molecule has 10 heteroatoms. The van der Waals surface area contributed by atoms with Crippen molar-refractivity contribution >= 4 is 63.7 Å².